The number of methoxy groups -OCH3 is 2. The van der Waals surface area contributed by atoms with Crippen molar-refractivity contribution >= 4 is 0 Å². The highest BCUT2D eigenvalue weighted by atomic mass is 16.5. The molecule has 0 saturated carbocycles. The SMILES string of the molecule is COCCNCC(CC(C)OC)c1ccccc1C. The summed E-state index contributed by atoms with van der Waals surface area (Å²) in [6, 6.07) is 8.60. The molecule has 19 heavy (non-hydrogen) atoms. The molecule has 108 valence electrons. The van der Waals surface area contributed by atoms with Crippen molar-refractivity contribution in [2.45, 2.75) is 32.3 Å². The molecule has 1 rings (SSSR count). The average Bonchev–Trinajstić information content (AvgIpc) is 2.42. The van der Waals surface area contributed by atoms with Crippen molar-refractivity contribution in [1.29, 1.82) is 0 Å². The number of hydrogen-bond donors (Lipinski definition) is 1. The van der Waals surface area contributed by atoms with Crippen molar-refractivity contribution in [2.75, 3.05) is 33.9 Å². The molecule has 0 saturated heterocycles. The van der Waals surface area contributed by atoms with E-state index in [2.05, 4.69) is 43.4 Å². The van der Waals surface area contributed by atoms with Crippen molar-refractivity contribution in [3.63, 3.8) is 0 Å². The lowest BCUT2D eigenvalue weighted by Crippen LogP contribution is -2.27. The summed E-state index contributed by atoms with van der Waals surface area (Å²) in [6.45, 7) is 6.90. The molecule has 1 N–H and O–H groups in total. The highest BCUT2D eigenvalue weighted by Gasteiger charge is 2.16. The highest BCUT2D eigenvalue weighted by Crippen LogP contribution is 2.24. The summed E-state index contributed by atoms with van der Waals surface area (Å²) < 4.78 is 10.5. The summed E-state index contributed by atoms with van der Waals surface area (Å²) in [5.41, 5.74) is 2.76. The Morgan fingerprint density at radius 2 is 1.95 bits per heavy atom. The quantitative estimate of drug-likeness (QED) is 0.696. The van der Waals surface area contributed by atoms with E-state index in [9.17, 15) is 0 Å². The van der Waals surface area contributed by atoms with E-state index in [1.807, 2.05) is 0 Å². The smallest absolute Gasteiger partial charge is 0.0587 e. The van der Waals surface area contributed by atoms with Gasteiger partial charge < -0.3 is 14.8 Å². The molecule has 0 amide bonds. The van der Waals surface area contributed by atoms with Crippen molar-refractivity contribution < 1.29 is 9.47 Å². The van der Waals surface area contributed by atoms with Crippen LogP contribution in [0.1, 0.15) is 30.4 Å². The van der Waals surface area contributed by atoms with Crippen molar-refractivity contribution in [3.8, 4) is 0 Å². The first-order chi connectivity index (χ1) is 9.19. The Bertz CT molecular complexity index is 354. The summed E-state index contributed by atoms with van der Waals surface area (Å²) in [5.74, 6) is 0.480. The van der Waals surface area contributed by atoms with Gasteiger partial charge in [-0.3, -0.25) is 0 Å². The monoisotopic (exact) mass is 265 g/mol. The van der Waals surface area contributed by atoms with Crippen LogP contribution >= 0.6 is 0 Å². The number of hydrogen-bond acceptors (Lipinski definition) is 3. The summed E-state index contributed by atoms with van der Waals surface area (Å²) >= 11 is 0. The van der Waals surface area contributed by atoms with Crippen LogP contribution in [0.3, 0.4) is 0 Å². The van der Waals surface area contributed by atoms with Gasteiger partial charge >= 0.3 is 0 Å². The van der Waals surface area contributed by atoms with Crippen LogP contribution in [0.25, 0.3) is 0 Å². The fourth-order valence-electron chi connectivity index (χ4n) is 2.31. The molecule has 0 aromatic heterocycles. The molecule has 0 heterocycles. The second kappa shape index (κ2) is 9.08. The average molecular weight is 265 g/mol. The molecule has 0 radical (unpaired) electrons. The first kappa shape index (κ1) is 16.2. The number of ether oxygens (including phenoxy) is 2. The zero-order valence-electron chi connectivity index (χ0n) is 12.6. The number of aryl methyl sites for hydroxylation is 1. The van der Waals surface area contributed by atoms with Crippen molar-refractivity contribution in [3.05, 3.63) is 35.4 Å². The lowest BCUT2D eigenvalue weighted by Gasteiger charge is -2.23. The Hall–Kier alpha value is -0.900. The maximum absolute atomic E-state index is 5.42. The molecule has 0 bridgehead atoms. The second-order valence-electron chi connectivity index (χ2n) is 5.03. The molecule has 2 atom stereocenters. The van der Waals surface area contributed by atoms with Crippen molar-refractivity contribution in [2.24, 2.45) is 0 Å². The molecular formula is C16H27NO2. The summed E-state index contributed by atoms with van der Waals surface area (Å²) in [4.78, 5) is 0. The van der Waals surface area contributed by atoms with Gasteiger partial charge in [0, 0.05) is 27.3 Å². The third kappa shape index (κ3) is 5.72. The van der Waals surface area contributed by atoms with Crippen LogP contribution in [-0.2, 0) is 9.47 Å². The van der Waals surface area contributed by atoms with Gasteiger partial charge in [-0.15, -0.1) is 0 Å². The Morgan fingerprint density at radius 1 is 1.21 bits per heavy atom. The molecule has 3 heteroatoms. The van der Waals surface area contributed by atoms with E-state index in [1.54, 1.807) is 14.2 Å². The van der Waals surface area contributed by atoms with Gasteiger partial charge in [0.1, 0.15) is 0 Å². The first-order valence-corrected chi connectivity index (χ1v) is 6.97. The molecule has 0 aliphatic heterocycles. The van der Waals surface area contributed by atoms with E-state index in [4.69, 9.17) is 9.47 Å². The minimum Gasteiger partial charge on any atom is -0.383 e. The topological polar surface area (TPSA) is 30.5 Å². The van der Waals surface area contributed by atoms with Crippen LogP contribution < -0.4 is 5.32 Å². The zero-order chi connectivity index (χ0) is 14.1. The maximum Gasteiger partial charge on any atom is 0.0587 e. The van der Waals surface area contributed by atoms with E-state index >= 15 is 0 Å². The molecule has 0 aliphatic carbocycles. The molecule has 0 fully saturated rings. The molecule has 0 spiro atoms. The predicted octanol–water partition coefficient (Wildman–Crippen LogP) is 2.74. The Labute approximate surface area is 117 Å². The van der Waals surface area contributed by atoms with Crippen LogP contribution in [0.5, 0.6) is 0 Å². The van der Waals surface area contributed by atoms with Gasteiger partial charge in [0.2, 0.25) is 0 Å². The van der Waals surface area contributed by atoms with Gasteiger partial charge in [-0.2, -0.15) is 0 Å². The molecule has 1 aromatic rings. The molecule has 0 aliphatic rings. The first-order valence-electron chi connectivity index (χ1n) is 6.97. The fourth-order valence-corrected chi connectivity index (χ4v) is 2.31. The zero-order valence-corrected chi connectivity index (χ0v) is 12.6. The summed E-state index contributed by atoms with van der Waals surface area (Å²) in [7, 11) is 3.51. The fraction of sp³-hybridized carbons (Fsp3) is 0.625. The Kier molecular flexibility index (Phi) is 7.72. The largest absolute Gasteiger partial charge is 0.383 e. The Balaban J connectivity index is 2.66. The van der Waals surface area contributed by atoms with Crippen LogP contribution in [0.2, 0.25) is 0 Å². The van der Waals surface area contributed by atoms with Gasteiger partial charge in [0.05, 0.1) is 12.7 Å². The third-order valence-corrected chi connectivity index (χ3v) is 3.52. The van der Waals surface area contributed by atoms with Gasteiger partial charge in [0.15, 0.2) is 0 Å². The molecular weight excluding hydrogens is 238 g/mol. The normalized spacial score (nSPS) is 14.3. The minimum absolute atomic E-state index is 0.272. The van der Waals surface area contributed by atoms with E-state index in [0.29, 0.717) is 5.92 Å². The predicted molar refractivity (Wildman–Crippen MR) is 79.8 cm³/mol. The number of rotatable bonds is 9. The summed E-state index contributed by atoms with van der Waals surface area (Å²) in [5, 5.41) is 3.46. The Morgan fingerprint density at radius 3 is 2.58 bits per heavy atom. The van der Waals surface area contributed by atoms with E-state index in [1.165, 1.54) is 11.1 Å². The van der Waals surface area contributed by atoms with Gasteiger partial charge in [-0.1, -0.05) is 24.3 Å². The number of benzene rings is 1. The van der Waals surface area contributed by atoms with Gasteiger partial charge in [0.25, 0.3) is 0 Å². The lowest BCUT2D eigenvalue weighted by molar-refractivity contribution is 0.103. The highest BCUT2D eigenvalue weighted by molar-refractivity contribution is 5.29. The number of nitrogens with one attached hydrogen (secondary N) is 1. The second-order valence-corrected chi connectivity index (χ2v) is 5.03. The lowest BCUT2D eigenvalue weighted by atomic mass is 9.90. The van der Waals surface area contributed by atoms with Gasteiger partial charge in [-0.25, -0.2) is 0 Å². The molecule has 2 unspecified atom stereocenters. The standard InChI is InChI=1S/C16H27NO2/c1-13-7-5-6-8-16(13)15(11-14(2)19-4)12-17-9-10-18-3/h5-8,14-15,17H,9-12H2,1-4H3. The third-order valence-electron chi connectivity index (χ3n) is 3.52. The molecule has 3 nitrogen and oxygen atoms in total. The van der Waals surface area contributed by atoms with Crippen LogP contribution in [0, 0.1) is 6.92 Å². The molecule has 1 aromatic carbocycles. The van der Waals surface area contributed by atoms with E-state index in [-0.39, 0.29) is 6.10 Å². The summed E-state index contributed by atoms with van der Waals surface area (Å²) in [6.07, 6.45) is 1.30. The van der Waals surface area contributed by atoms with Gasteiger partial charge in [-0.05, 0) is 37.3 Å². The van der Waals surface area contributed by atoms with Crippen LogP contribution in [0.15, 0.2) is 24.3 Å². The maximum atomic E-state index is 5.42. The van der Waals surface area contributed by atoms with E-state index < -0.39 is 0 Å². The minimum atomic E-state index is 0.272. The van der Waals surface area contributed by atoms with Crippen LogP contribution in [0.4, 0.5) is 0 Å². The van der Waals surface area contributed by atoms with Crippen LogP contribution in [-0.4, -0.2) is 40.0 Å². The van der Waals surface area contributed by atoms with Crippen molar-refractivity contribution in [1.82, 2.24) is 5.32 Å². The van der Waals surface area contributed by atoms with E-state index in [0.717, 1.165) is 26.1 Å².